The number of nitrogens with zero attached hydrogens (tertiary/aromatic N) is 5. The average Bonchev–Trinajstić information content (AvgIpc) is 4.04. The zero-order valence-electron chi connectivity index (χ0n) is 40.3. The van der Waals surface area contributed by atoms with Crippen LogP contribution in [-0.4, -0.2) is 25.0 Å². The fourth-order valence-electron chi connectivity index (χ4n) is 8.72. The molecule has 0 saturated carbocycles. The van der Waals surface area contributed by atoms with Gasteiger partial charge < -0.3 is 13.4 Å². The minimum atomic E-state index is -0.0838. The lowest BCUT2D eigenvalue weighted by Crippen LogP contribution is -2.11. The Balaban J connectivity index is 1.13. The van der Waals surface area contributed by atoms with E-state index in [1.54, 1.807) is 0 Å². The van der Waals surface area contributed by atoms with Gasteiger partial charge in [0, 0.05) is 50.7 Å². The molecule has 0 bridgehead atoms. The van der Waals surface area contributed by atoms with E-state index >= 15 is 0 Å². The van der Waals surface area contributed by atoms with Gasteiger partial charge in [0.15, 0.2) is 0 Å². The molecule has 0 amide bonds. The molecule has 0 fully saturated rings. The maximum Gasteiger partial charge on any atom is 0.248 e. The zero-order chi connectivity index (χ0) is 46.2. The number of rotatable bonds is 7. The first-order valence-corrected chi connectivity index (χ1v) is 22.9. The molecule has 330 valence electrons. The van der Waals surface area contributed by atoms with Gasteiger partial charge in [-0.2, -0.15) is 0 Å². The Bertz CT molecular complexity index is 2960. The van der Waals surface area contributed by atoms with E-state index in [4.69, 9.17) is 8.83 Å². The van der Waals surface area contributed by atoms with E-state index in [-0.39, 0.29) is 21.7 Å². The SMILES string of the molecule is CCn1c2c(-c3ccc(-c4nnc(-c5ccc(C(C)(C)C)cc5)o4)cc3)cc(C(C)(C)C)cc2c2cc(C(C)(C)C)cc(-c3ccc(-c4nnc(-c5ccc(C(C)(C)C)cc5)o4)cc3)c21. The second kappa shape index (κ2) is 15.8. The van der Waals surface area contributed by atoms with Gasteiger partial charge >= 0.3 is 0 Å². The molecule has 9 rings (SSSR count). The molecular formula is C58H61N5O2. The Kier molecular flexibility index (Phi) is 10.6. The summed E-state index contributed by atoms with van der Waals surface area (Å²) in [6.07, 6.45) is 0. The molecule has 3 aromatic heterocycles. The van der Waals surface area contributed by atoms with Crippen molar-refractivity contribution in [2.75, 3.05) is 0 Å². The van der Waals surface area contributed by atoms with E-state index in [1.807, 2.05) is 0 Å². The quantitative estimate of drug-likeness (QED) is 0.159. The summed E-state index contributed by atoms with van der Waals surface area (Å²) in [6.45, 7) is 30.1. The van der Waals surface area contributed by atoms with Crippen molar-refractivity contribution in [2.45, 2.75) is 118 Å². The van der Waals surface area contributed by atoms with E-state index in [1.165, 1.54) is 55.2 Å². The largest absolute Gasteiger partial charge is 0.416 e. The third-order valence-electron chi connectivity index (χ3n) is 12.8. The highest BCUT2D eigenvalue weighted by atomic mass is 16.4. The highest BCUT2D eigenvalue weighted by molar-refractivity contribution is 6.17. The molecule has 0 aliphatic carbocycles. The summed E-state index contributed by atoms with van der Waals surface area (Å²) in [6, 6.07) is 43.6. The van der Waals surface area contributed by atoms with Crippen molar-refractivity contribution in [1.82, 2.24) is 25.0 Å². The molecule has 0 aliphatic heterocycles. The molecule has 0 N–H and O–H groups in total. The monoisotopic (exact) mass is 859 g/mol. The Morgan fingerprint density at radius 1 is 0.354 bits per heavy atom. The van der Waals surface area contributed by atoms with Gasteiger partial charge in [0.05, 0.1) is 11.0 Å². The Hall–Kier alpha value is -6.60. The summed E-state index contributed by atoms with van der Waals surface area (Å²) < 4.78 is 15.0. The van der Waals surface area contributed by atoms with Crippen molar-refractivity contribution in [2.24, 2.45) is 0 Å². The van der Waals surface area contributed by atoms with Gasteiger partial charge in [0.1, 0.15) is 0 Å². The maximum absolute atomic E-state index is 6.26. The standard InChI is InChI=1S/C58H61N5O2/c1-14-63-49-45(35-15-19-37(20-16-35)51-59-61-53(64-51)39-23-27-41(28-24-39)55(2,3)4)31-43(57(8,9)10)33-47(49)48-34-44(58(11,12)13)32-46(50(48)63)36-17-21-38(22-18-36)52-60-62-54(65-52)40-25-29-42(30-26-40)56(5,6)7/h15-34H,14H2,1-13H3. The second-order valence-electron chi connectivity index (χ2n) is 21.7. The third-order valence-corrected chi connectivity index (χ3v) is 12.8. The summed E-state index contributed by atoms with van der Waals surface area (Å²) >= 11 is 0. The van der Waals surface area contributed by atoms with Crippen LogP contribution in [0.15, 0.2) is 130 Å². The van der Waals surface area contributed by atoms with Gasteiger partial charge in [0.25, 0.3) is 0 Å². The molecule has 0 saturated heterocycles. The fourth-order valence-corrected chi connectivity index (χ4v) is 8.72. The van der Waals surface area contributed by atoms with Gasteiger partial charge in [-0.05, 0) is 135 Å². The second-order valence-corrected chi connectivity index (χ2v) is 21.7. The van der Waals surface area contributed by atoms with Crippen LogP contribution in [-0.2, 0) is 28.2 Å². The zero-order valence-corrected chi connectivity index (χ0v) is 40.3. The van der Waals surface area contributed by atoms with E-state index in [0.29, 0.717) is 23.6 Å². The van der Waals surface area contributed by atoms with Crippen LogP contribution in [0.3, 0.4) is 0 Å². The molecule has 9 aromatic rings. The Labute approximate surface area is 384 Å². The van der Waals surface area contributed by atoms with Crippen molar-refractivity contribution in [3.05, 3.63) is 144 Å². The number of benzene rings is 6. The Morgan fingerprint density at radius 2 is 0.615 bits per heavy atom. The lowest BCUT2D eigenvalue weighted by Gasteiger charge is -2.22. The number of hydrogen-bond acceptors (Lipinski definition) is 6. The first-order chi connectivity index (χ1) is 30.7. The van der Waals surface area contributed by atoms with Crippen molar-refractivity contribution in [1.29, 1.82) is 0 Å². The topological polar surface area (TPSA) is 82.8 Å². The lowest BCUT2D eigenvalue weighted by molar-refractivity contribution is 0.582. The predicted molar refractivity (Wildman–Crippen MR) is 268 cm³/mol. The van der Waals surface area contributed by atoms with Crippen LogP contribution in [0.4, 0.5) is 0 Å². The van der Waals surface area contributed by atoms with Gasteiger partial charge in [0.2, 0.25) is 23.6 Å². The minimum absolute atomic E-state index is 0.0672. The molecule has 65 heavy (non-hydrogen) atoms. The highest BCUT2D eigenvalue weighted by Crippen LogP contribution is 2.45. The van der Waals surface area contributed by atoms with E-state index in [2.05, 4.69) is 236 Å². The first kappa shape index (κ1) is 43.6. The molecule has 7 heteroatoms. The molecule has 6 aromatic carbocycles. The summed E-state index contributed by atoms with van der Waals surface area (Å²) in [5.41, 5.74) is 15.7. The van der Waals surface area contributed by atoms with Crippen LogP contribution < -0.4 is 0 Å². The summed E-state index contributed by atoms with van der Waals surface area (Å²) in [5, 5.41) is 20.3. The van der Waals surface area contributed by atoms with Crippen molar-refractivity contribution in [3.63, 3.8) is 0 Å². The number of aromatic nitrogens is 5. The summed E-state index contributed by atoms with van der Waals surface area (Å²) in [7, 11) is 0. The molecule has 0 unspecified atom stereocenters. The summed E-state index contributed by atoms with van der Waals surface area (Å²) in [5.74, 6) is 2.02. The van der Waals surface area contributed by atoms with Crippen LogP contribution in [0.25, 0.3) is 89.9 Å². The van der Waals surface area contributed by atoms with Crippen LogP contribution in [0.1, 0.15) is 112 Å². The van der Waals surface area contributed by atoms with Crippen molar-refractivity contribution >= 4 is 21.8 Å². The number of aryl methyl sites for hydroxylation is 1. The highest BCUT2D eigenvalue weighted by Gasteiger charge is 2.26. The predicted octanol–water partition coefficient (Wildman–Crippen LogP) is 15.8. The van der Waals surface area contributed by atoms with Crippen molar-refractivity contribution in [3.8, 4) is 68.1 Å². The lowest BCUT2D eigenvalue weighted by atomic mass is 9.82. The van der Waals surface area contributed by atoms with Crippen LogP contribution in [0, 0.1) is 0 Å². The molecule has 0 aliphatic rings. The minimum Gasteiger partial charge on any atom is -0.416 e. The van der Waals surface area contributed by atoms with Gasteiger partial charge in [-0.3, -0.25) is 0 Å². The van der Waals surface area contributed by atoms with E-state index < -0.39 is 0 Å². The maximum atomic E-state index is 6.26. The Morgan fingerprint density at radius 3 is 0.877 bits per heavy atom. The summed E-state index contributed by atoms with van der Waals surface area (Å²) in [4.78, 5) is 0. The van der Waals surface area contributed by atoms with Gasteiger partial charge in [-0.15, -0.1) is 20.4 Å². The molecule has 0 radical (unpaired) electrons. The average molecular weight is 860 g/mol. The fraction of sp³-hybridized carbons (Fsp3) is 0.310. The number of hydrogen-bond donors (Lipinski definition) is 0. The normalized spacial score (nSPS) is 12.8. The molecule has 0 spiro atoms. The van der Waals surface area contributed by atoms with E-state index in [0.717, 1.165) is 39.9 Å². The van der Waals surface area contributed by atoms with E-state index in [9.17, 15) is 0 Å². The first-order valence-electron chi connectivity index (χ1n) is 22.9. The van der Waals surface area contributed by atoms with Crippen LogP contribution in [0.2, 0.25) is 0 Å². The smallest absolute Gasteiger partial charge is 0.248 e. The molecule has 0 atom stereocenters. The molecule has 7 nitrogen and oxygen atoms in total. The molecular weight excluding hydrogens is 799 g/mol. The third kappa shape index (κ3) is 8.33. The van der Waals surface area contributed by atoms with Crippen LogP contribution in [0.5, 0.6) is 0 Å². The van der Waals surface area contributed by atoms with Crippen molar-refractivity contribution < 1.29 is 8.83 Å². The van der Waals surface area contributed by atoms with Crippen LogP contribution >= 0.6 is 0 Å². The molecule has 3 heterocycles. The van der Waals surface area contributed by atoms with Gasteiger partial charge in [-0.1, -0.05) is 132 Å². The number of fused-ring (bicyclic) bond motifs is 3. The van der Waals surface area contributed by atoms with Gasteiger partial charge in [-0.25, -0.2) is 0 Å².